The molecule has 0 amide bonds. The molecule has 0 bridgehead atoms. The molecule has 0 aliphatic heterocycles. The van der Waals surface area contributed by atoms with Gasteiger partial charge >= 0.3 is 0 Å². The SMILES string of the molecule is COc1ccc(-c2nc3nccnc3[nH]2)c(O)c1.Oc1ccc(-c2nc3nccnc3[nH]2)c(O)c1. The Balaban J connectivity index is 0.000000145. The number of ether oxygens (including phenoxy) is 1. The van der Waals surface area contributed by atoms with Crippen molar-refractivity contribution in [3.63, 3.8) is 0 Å². The summed E-state index contributed by atoms with van der Waals surface area (Å²) in [5, 5.41) is 28.8. The van der Waals surface area contributed by atoms with Crippen LogP contribution in [0.4, 0.5) is 0 Å². The number of imidazole rings is 2. The molecule has 6 aromatic rings. The van der Waals surface area contributed by atoms with Gasteiger partial charge in [-0.05, 0) is 24.3 Å². The highest BCUT2D eigenvalue weighted by atomic mass is 16.5. The number of nitrogens with zero attached hydrogens (tertiary/aromatic N) is 6. The maximum atomic E-state index is 9.92. The maximum absolute atomic E-state index is 9.92. The van der Waals surface area contributed by atoms with Gasteiger partial charge in [0.15, 0.2) is 22.6 Å². The highest BCUT2D eigenvalue weighted by molar-refractivity contribution is 5.75. The van der Waals surface area contributed by atoms with E-state index in [1.165, 1.54) is 18.2 Å². The number of aromatic nitrogens is 8. The van der Waals surface area contributed by atoms with E-state index in [1.807, 2.05) is 0 Å². The summed E-state index contributed by atoms with van der Waals surface area (Å²) in [6, 6.07) is 9.31. The second-order valence-electron chi connectivity index (χ2n) is 7.21. The number of rotatable bonds is 3. The number of methoxy groups -OCH3 is 1. The summed E-state index contributed by atoms with van der Waals surface area (Å²) in [6.45, 7) is 0. The van der Waals surface area contributed by atoms with Crippen LogP contribution >= 0.6 is 0 Å². The number of hydrogen-bond acceptors (Lipinski definition) is 10. The van der Waals surface area contributed by atoms with E-state index < -0.39 is 0 Å². The van der Waals surface area contributed by atoms with Gasteiger partial charge in [0.1, 0.15) is 34.6 Å². The zero-order valence-corrected chi connectivity index (χ0v) is 18.2. The van der Waals surface area contributed by atoms with Crippen LogP contribution in [0.3, 0.4) is 0 Å². The first kappa shape index (κ1) is 21.6. The first-order valence-corrected chi connectivity index (χ1v) is 10.2. The molecule has 0 spiro atoms. The third-order valence-electron chi connectivity index (χ3n) is 4.96. The summed E-state index contributed by atoms with van der Waals surface area (Å²) < 4.78 is 5.03. The minimum Gasteiger partial charge on any atom is -0.508 e. The number of benzene rings is 2. The van der Waals surface area contributed by atoms with Gasteiger partial charge in [0.2, 0.25) is 0 Å². The van der Waals surface area contributed by atoms with Crippen molar-refractivity contribution in [1.29, 1.82) is 0 Å². The lowest BCUT2D eigenvalue weighted by Gasteiger charge is -2.03. The fourth-order valence-corrected chi connectivity index (χ4v) is 3.31. The van der Waals surface area contributed by atoms with Gasteiger partial charge in [0.05, 0.1) is 18.2 Å². The fourth-order valence-electron chi connectivity index (χ4n) is 3.31. The van der Waals surface area contributed by atoms with E-state index in [2.05, 4.69) is 39.9 Å². The standard InChI is InChI=1S/C12H10N4O2.C11H8N4O2/c1-18-7-2-3-8(9(17)6-7)10-15-11-12(16-10)14-5-4-13-11;16-6-1-2-7(8(17)5-6)9-14-10-11(15-9)13-4-3-12-10/h2-6,17H,1H3,(H,13,14,15,16);1-5,16-17H,(H,12,13,14,15). The lowest BCUT2D eigenvalue weighted by atomic mass is 10.2. The van der Waals surface area contributed by atoms with Gasteiger partial charge < -0.3 is 30.0 Å². The predicted molar refractivity (Wildman–Crippen MR) is 126 cm³/mol. The fraction of sp³-hybridized carbons (Fsp3) is 0.0435. The van der Waals surface area contributed by atoms with E-state index in [0.29, 0.717) is 51.1 Å². The van der Waals surface area contributed by atoms with Crippen LogP contribution < -0.4 is 4.74 Å². The second kappa shape index (κ2) is 8.94. The lowest BCUT2D eigenvalue weighted by molar-refractivity contribution is 0.408. The van der Waals surface area contributed by atoms with Crippen molar-refractivity contribution in [3.8, 4) is 45.8 Å². The molecule has 2 aromatic carbocycles. The van der Waals surface area contributed by atoms with Gasteiger partial charge in [-0.2, -0.15) is 0 Å². The molecule has 174 valence electrons. The van der Waals surface area contributed by atoms with Gasteiger partial charge in [-0.1, -0.05) is 0 Å². The Labute approximate surface area is 197 Å². The van der Waals surface area contributed by atoms with E-state index in [4.69, 9.17) is 4.74 Å². The molecule has 4 heterocycles. The minimum absolute atomic E-state index is 0.00129. The zero-order chi connectivity index (χ0) is 24.4. The number of phenols is 3. The first-order chi connectivity index (χ1) is 17.0. The topological polar surface area (TPSA) is 179 Å². The summed E-state index contributed by atoms with van der Waals surface area (Å²) >= 11 is 0. The number of hydrogen-bond donors (Lipinski definition) is 5. The van der Waals surface area contributed by atoms with Gasteiger partial charge in [-0.3, -0.25) is 0 Å². The molecular weight excluding hydrogens is 452 g/mol. The summed E-state index contributed by atoms with van der Waals surface area (Å²) in [5.74, 6) is 1.61. The number of aromatic amines is 2. The van der Waals surface area contributed by atoms with Gasteiger partial charge in [-0.15, -0.1) is 0 Å². The highest BCUT2D eigenvalue weighted by Crippen LogP contribution is 2.32. The van der Waals surface area contributed by atoms with Crippen LogP contribution in [0.1, 0.15) is 0 Å². The number of H-pyrrole nitrogens is 2. The molecule has 0 radical (unpaired) electrons. The molecule has 0 saturated carbocycles. The van der Waals surface area contributed by atoms with Crippen LogP contribution in [0, 0.1) is 0 Å². The highest BCUT2D eigenvalue weighted by Gasteiger charge is 2.12. The zero-order valence-electron chi connectivity index (χ0n) is 18.2. The number of fused-ring (bicyclic) bond motifs is 2. The van der Waals surface area contributed by atoms with E-state index in [1.54, 1.807) is 50.1 Å². The number of aromatic hydroxyl groups is 3. The van der Waals surface area contributed by atoms with Crippen LogP contribution in [0.25, 0.3) is 45.4 Å². The Morgan fingerprint density at radius 1 is 0.657 bits per heavy atom. The normalized spacial score (nSPS) is 10.8. The smallest absolute Gasteiger partial charge is 0.197 e. The molecule has 0 saturated heterocycles. The van der Waals surface area contributed by atoms with Crippen LogP contribution in [-0.2, 0) is 0 Å². The molecule has 4 aromatic heterocycles. The monoisotopic (exact) mass is 470 g/mol. The van der Waals surface area contributed by atoms with Crippen LogP contribution in [0.15, 0.2) is 61.2 Å². The van der Waals surface area contributed by atoms with E-state index in [0.717, 1.165) is 0 Å². The molecule has 12 heteroatoms. The van der Waals surface area contributed by atoms with Crippen molar-refractivity contribution in [3.05, 3.63) is 61.2 Å². The average Bonchev–Trinajstić information content (AvgIpc) is 3.48. The van der Waals surface area contributed by atoms with Crippen LogP contribution in [-0.4, -0.2) is 62.3 Å². The first-order valence-electron chi connectivity index (χ1n) is 10.2. The third-order valence-corrected chi connectivity index (χ3v) is 4.96. The molecule has 12 nitrogen and oxygen atoms in total. The van der Waals surface area contributed by atoms with E-state index in [-0.39, 0.29) is 17.2 Å². The number of nitrogens with one attached hydrogen (secondary N) is 2. The third kappa shape index (κ3) is 4.35. The van der Waals surface area contributed by atoms with Crippen molar-refractivity contribution >= 4 is 22.6 Å². The summed E-state index contributed by atoms with van der Waals surface area (Å²) in [5.41, 5.74) is 3.20. The van der Waals surface area contributed by atoms with E-state index in [9.17, 15) is 15.3 Å². The second-order valence-corrected chi connectivity index (χ2v) is 7.21. The summed E-state index contributed by atoms with van der Waals surface area (Å²) in [6.07, 6.45) is 6.25. The molecule has 0 aliphatic rings. The molecule has 0 unspecified atom stereocenters. The molecule has 35 heavy (non-hydrogen) atoms. The minimum atomic E-state index is -0.0518. The Morgan fingerprint density at radius 2 is 1.17 bits per heavy atom. The molecule has 5 N–H and O–H groups in total. The lowest BCUT2D eigenvalue weighted by Crippen LogP contribution is -1.85. The molecule has 0 atom stereocenters. The molecular formula is C23H18N8O4. The largest absolute Gasteiger partial charge is 0.508 e. The Bertz CT molecular complexity index is 1580. The Kier molecular flexibility index (Phi) is 5.51. The van der Waals surface area contributed by atoms with Crippen molar-refractivity contribution in [1.82, 2.24) is 39.9 Å². The van der Waals surface area contributed by atoms with Crippen LogP contribution in [0.2, 0.25) is 0 Å². The Hall–Kier alpha value is -5.26. The van der Waals surface area contributed by atoms with Gasteiger partial charge in [0, 0.05) is 36.9 Å². The van der Waals surface area contributed by atoms with Gasteiger partial charge in [0.25, 0.3) is 0 Å². The van der Waals surface area contributed by atoms with Crippen molar-refractivity contribution in [2.45, 2.75) is 0 Å². The predicted octanol–water partition coefficient (Wildman–Crippen LogP) is 3.17. The summed E-state index contributed by atoms with van der Waals surface area (Å²) in [4.78, 5) is 30.7. The van der Waals surface area contributed by atoms with Crippen LogP contribution in [0.5, 0.6) is 23.0 Å². The molecule has 0 aliphatic carbocycles. The van der Waals surface area contributed by atoms with Gasteiger partial charge in [-0.25, -0.2) is 29.9 Å². The average molecular weight is 470 g/mol. The molecule has 6 rings (SSSR count). The number of phenolic OH excluding ortho intramolecular Hbond substituents is 3. The Morgan fingerprint density at radius 3 is 1.66 bits per heavy atom. The van der Waals surface area contributed by atoms with Crippen molar-refractivity contribution < 1.29 is 20.1 Å². The van der Waals surface area contributed by atoms with Crippen molar-refractivity contribution in [2.75, 3.05) is 7.11 Å². The summed E-state index contributed by atoms with van der Waals surface area (Å²) in [7, 11) is 1.55. The van der Waals surface area contributed by atoms with Crippen molar-refractivity contribution in [2.24, 2.45) is 0 Å². The quantitative estimate of drug-likeness (QED) is 0.258. The van der Waals surface area contributed by atoms with E-state index >= 15 is 0 Å². The maximum Gasteiger partial charge on any atom is 0.197 e. The molecule has 0 fully saturated rings.